The summed E-state index contributed by atoms with van der Waals surface area (Å²) in [6.45, 7) is 3.76. The van der Waals surface area contributed by atoms with E-state index in [1.54, 1.807) is 6.07 Å². The van der Waals surface area contributed by atoms with E-state index < -0.39 is 4.92 Å². The van der Waals surface area contributed by atoms with Gasteiger partial charge in [0.2, 0.25) is 0 Å². The average Bonchev–Trinajstić information content (AvgIpc) is 2.07. The summed E-state index contributed by atoms with van der Waals surface area (Å²) < 4.78 is 1.25. The van der Waals surface area contributed by atoms with Crippen LogP contribution in [0, 0.1) is 24.0 Å². The molecule has 0 aliphatic heterocycles. The van der Waals surface area contributed by atoms with E-state index in [2.05, 4.69) is 31.9 Å². The first kappa shape index (κ1) is 10.7. The van der Waals surface area contributed by atoms with Crippen molar-refractivity contribution in [1.29, 1.82) is 0 Å². The van der Waals surface area contributed by atoms with Crippen molar-refractivity contribution in [3.8, 4) is 0 Å². The van der Waals surface area contributed by atoms with Gasteiger partial charge in [0.25, 0.3) is 5.69 Å². The first-order valence-electron chi connectivity index (χ1n) is 3.54. The monoisotopic (exact) mass is 307 g/mol. The Morgan fingerprint density at radius 2 is 1.85 bits per heavy atom. The van der Waals surface area contributed by atoms with Crippen LogP contribution in [-0.4, -0.2) is 4.92 Å². The van der Waals surface area contributed by atoms with Gasteiger partial charge in [-0.1, -0.05) is 0 Å². The zero-order chi connectivity index (χ0) is 10.2. The topological polar surface area (TPSA) is 43.1 Å². The maximum atomic E-state index is 10.6. The van der Waals surface area contributed by atoms with Gasteiger partial charge < -0.3 is 0 Å². The van der Waals surface area contributed by atoms with Crippen molar-refractivity contribution < 1.29 is 4.92 Å². The molecule has 0 aliphatic rings. The van der Waals surface area contributed by atoms with Gasteiger partial charge >= 0.3 is 0 Å². The SMILES string of the molecule is Cc1cc([N+](=O)[O-])c(Br)c(Br)c1C. The molecule has 1 aromatic rings. The van der Waals surface area contributed by atoms with Crippen LogP contribution in [0.2, 0.25) is 0 Å². The molecule has 0 atom stereocenters. The molecular formula is C8H7Br2NO2. The lowest BCUT2D eigenvalue weighted by atomic mass is 10.1. The number of rotatable bonds is 1. The van der Waals surface area contributed by atoms with Crippen LogP contribution in [0.4, 0.5) is 5.69 Å². The van der Waals surface area contributed by atoms with Crippen molar-refractivity contribution in [3.05, 3.63) is 36.3 Å². The van der Waals surface area contributed by atoms with Gasteiger partial charge in [0.15, 0.2) is 0 Å². The third-order valence-corrected chi connectivity index (χ3v) is 4.21. The van der Waals surface area contributed by atoms with Crippen LogP contribution in [0.3, 0.4) is 0 Å². The minimum atomic E-state index is -0.402. The Balaban J connectivity index is 3.50. The van der Waals surface area contributed by atoms with Gasteiger partial charge in [0.05, 0.1) is 4.92 Å². The molecule has 0 aliphatic carbocycles. The molecule has 0 radical (unpaired) electrons. The van der Waals surface area contributed by atoms with Crippen molar-refractivity contribution in [2.45, 2.75) is 13.8 Å². The summed E-state index contributed by atoms with van der Waals surface area (Å²) in [6, 6.07) is 1.56. The molecule has 1 aromatic carbocycles. The second-order valence-electron chi connectivity index (χ2n) is 2.72. The summed E-state index contributed by atoms with van der Waals surface area (Å²) in [5.41, 5.74) is 2.01. The number of benzene rings is 1. The Hall–Kier alpha value is -0.420. The van der Waals surface area contributed by atoms with E-state index in [0.717, 1.165) is 15.6 Å². The number of hydrogen-bond donors (Lipinski definition) is 0. The number of hydrogen-bond acceptors (Lipinski definition) is 2. The minimum Gasteiger partial charge on any atom is -0.258 e. The highest BCUT2D eigenvalue weighted by Gasteiger charge is 2.17. The van der Waals surface area contributed by atoms with Crippen molar-refractivity contribution in [1.82, 2.24) is 0 Å². The van der Waals surface area contributed by atoms with Gasteiger partial charge in [-0.15, -0.1) is 0 Å². The molecule has 0 heterocycles. The van der Waals surface area contributed by atoms with E-state index in [4.69, 9.17) is 0 Å². The third-order valence-electron chi connectivity index (χ3n) is 1.89. The fraction of sp³-hybridized carbons (Fsp3) is 0.250. The molecule has 0 aromatic heterocycles. The Morgan fingerprint density at radius 1 is 1.31 bits per heavy atom. The normalized spacial score (nSPS) is 10.2. The molecule has 0 N–H and O–H groups in total. The highest BCUT2D eigenvalue weighted by atomic mass is 79.9. The Bertz CT molecular complexity index is 377. The molecule has 3 nitrogen and oxygen atoms in total. The van der Waals surface area contributed by atoms with Crippen LogP contribution >= 0.6 is 31.9 Å². The van der Waals surface area contributed by atoms with Crippen molar-refractivity contribution in [2.75, 3.05) is 0 Å². The summed E-state index contributed by atoms with van der Waals surface area (Å²) in [5, 5.41) is 10.6. The smallest absolute Gasteiger partial charge is 0.258 e. The zero-order valence-electron chi connectivity index (χ0n) is 7.10. The zero-order valence-corrected chi connectivity index (χ0v) is 10.3. The quantitative estimate of drug-likeness (QED) is 0.586. The van der Waals surface area contributed by atoms with Crippen molar-refractivity contribution in [2.24, 2.45) is 0 Å². The summed E-state index contributed by atoms with van der Waals surface area (Å²) in [6.07, 6.45) is 0. The lowest BCUT2D eigenvalue weighted by Gasteiger charge is -2.05. The largest absolute Gasteiger partial charge is 0.284 e. The number of aryl methyl sites for hydroxylation is 1. The summed E-state index contributed by atoms with van der Waals surface area (Å²) >= 11 is 6.47. The number of nitro benzene ring substituents is 1. The molecule has 13 heavy (non-hydrogen) atoms. The predicted octanol–water partition coefficient (Wildman–Crippen LogP) is 3.74. The Kier molecular flexibility index (Phi) is 3.08. The molecule has 0 fully saturated rings. The van der Waals surface area contributed by atoms with Crippen molar-refractivity contribution in [3.63, 3.8) is 0 Å². The van der Waals surface area contributed by atoms with Gasteiger partial charge in [-0.05, 0) is 56.8 Å². The van der Waals surface area contributed by atoms with Crippen LogP contribution < -0.4 is 0 Å². The number of halogens is 2. The highest BCUT2D eigenvalue weighted by molar-refractivity contribution is 9.13. The van der Waals surface area contributed by atoms with E-state index in [1.165, 1.54) is 0 Å². The minimum absolute atomic E-state index is 0.0926. The molecule has 0 spiro atoms. The Morgan fingerprint density at radius 3 is 2.31 bits per heavy atom. The van der Waals surface area contributed by atoms with Crippen LogP contribution in [0.25, 0.3) is 0 Å². The maximum Gasteiger partial charge on any atom is 0.284 e. The molecular weight excluding hydrogens is 302 g/mol. The molecule has 0 saturated heterocycles. The average molecular weight is 309 g/mol. The first-order chi connectivity index (χ1) is 5.95. The molecule has 70 valence electrons. The Labute approximate surface area is 92.5 Å². The molecule has 0 amide bonds. The van der Waals surface area contributed by atoms with E-state index in [9.17, 15) is 10.1 Å². The van der Waals surface area contributed by atoms with Gasteiger partial charge in [-0.2, -0.15) is 0 Å². The summed E-state index contributed by atoms with van der Waals surface area (Å²) in [5.74, 6) is 0. The molecule has 0 unspecified atom stereocenters. The first-order valence-corrected chi connectivity index (χ1v) is 5.13. The van der Waals surface area contributed by atoms with Crippen LogP contribution in [0.15, 0.2) is 15.0 Å². The summed E-state index contributed by atoms with van der Waals surface area (Å²) in [4.78, 5) is 10.2. The van der Waals surface area contributed by atoms with Crippen LogP contribution in [0.5, 0.6) is 0 Å². The predicted molar refractivity (Wildman–Crippen MR) is 58.0 cm³/mol. The maximum absolute atomic E-state index is 10.6. The van der Waals surface area contributed by atoms with E-state index in [0.29, 0.717) is 4.47 Å². The third kappa shape index (κ3) is 1.91. The van der Waals surface area contributed by atoms with Crippen LogP contribution in [0.1, 0.15) is 11.1 Å². The molecule has 0 bridgehead atoms. The highest BCUT2D eigenvalue weighted by Crippen LogP contribution is 2.36. The van der Waals surface area contributed by atoms with E-state index in [-0.39, 0.29) is 5.69 Å². The second kappa shape index (κ2) is 3.75. The number of nitro groups is 1. The lowest BCUT2D eigenvalue weighted by Crippen LogP contribution is -1.93. The molecule has 1 rings (SSSR count). The van der Waals surface area contributed by atoms with E-state index in [1.807, 2.05) is 13.8 Å². The fourth-order valence-electron chi connectivity index (χ4n) is 0.960. The van der Waals surface area contributed by atoms with E-state index >= 15 is 0 Å². The summed E-state index contributed by atoms with van der Waals surface area (Å²) in [7, 11) is 0. The second-order valence-corrected chi connectivity index (χ2v) is 4.31. The van der Waals surface area contributed by atoms with Gasteiger partial charge in [0.1, 0.15) is 4.47 Å². The molecule has 0 saturated carbocycles. The lowest BCUT2D eigenvalue weighted by molar-refractivity contribution is -0.385. The van der Waals surface area contributed by atoms with Crippen molar-refractivity contribution >= 4 is 37.5 Å². The van der Waals surface area contributed by atoms with Gasteiger partial charge in [0, 0.05) is 10.5 Å². The molecule has 5 heteroatoms. The van der Waals surface area contributed by atoms with Gasteiger partial charge in [-0.25, -0.2) is 0 Å². The van der Waals surface area contributed by atoms with Gasteiger partial charge in [-0.3, -0.25) is 10.1 Å². The standard InChI is InChI=1S/C8H7Br2NO2/c1-4-3-6(11(12)13)8(10)7(9)5(4)2/h3H,1-2H3. The van der Waals surface area contributed by atoms with Crippen LogP contribution in [-0.2, 0) is 0 Å². The number of nitrogens with zero attached hydrogens (tertiary/aromatic N) is 1. The fourth-order valence-corrected chi connectivity index (χ4v) is 2.03.